The lowest BCUT2D eigenvalue weighted by atomic mass is 10.0. The molecule has 2 aromatic carbocycles. The third-order valence-corrected chi connectivity index (χ3v) is 6.98. The number of morpholine rings is 2. The van der Waals surface area contributed by atoms with Gasteiger partial charge >= 0.3 is 0 Å². The molecule has 37 heavy (non-hydrogen) atoms. The number of rotatable bonds is 6. The predicted molar refractivity (Wildman–Crippen MR) is 146 cm³/mol. The standard InChI is InChI=1S/C27H34N4O4.ClH.H2O/c32-26(9-10-29-11-15-34-16-12-29)28-23-8-7-22-6-5-21-3-1-2-4-24(21)31(25(22)19-23)27(33)20-30-13-17-35-18-14-30;;/h1-4,7-8,19H,5-6,9-18,20H2,(H,28,32);1H;1H2. The maximum atomic E-state index is 13.7. The number of nitrogens with one attached hydrogen (secondary N) is 1. The summed E-state index contributed by atoms with van der Waals surface area (Å²) in [5, 5.41) is 3.06. The summed E-state index contributed by atoms with van der Waals surface area (Å²) in [7, 11) is 0. The second kappa shape index (κ2) is 13.9. The normalized spacial score (nSPS) is 17.9. The first kappa shape index (κ1) is 29.0. The monoisotopic (exact) mass is 532 g/mol. The van der Waals surface area contributed by atoms with Crippen molar-refractivity contribution >= 4 is 41.3 Å². The van der Waals surface area contributed by atoms with Crippen LogP contribution in [0.25, 0.3) is 0 Å². The van der Waals surface area contributed by atoms with Gasteiger partial charge in [-0.1, -0.05) is 24.3 Å². The summed E-state index contributed by atoms with van der Waals surface area (Å²) >= 11 is 0. The number of carbonyl (C=O) groups excluding carboxylic acids is 2. The molecule has 3 N–H and O–H groups in total. The highest BCUT2D eigenvalue weighted by Gasteiger charge is 2.28. The number of carbonyl (C=O) groups is 2. The number of hydrogen-bond acceptors (Lipinski definition) is 6. The van der Waals surface area contributed by atoms with E-state index in [1.165, 1.54) is 0 Å². The van der Waals surface area contributed by atoms with Gasteiger partial charge in [0.25, 0.3) is 0 Å². The number of fused-ring (bicyclic) bond motifs is 2. The maximum absolute atomic E-state index is 13.7. The molecule has 9 nitrogen and oxygen atoms in total. The van der Waals surface area contributed by atoms with Gasteiger partial charge in [-0.2, -0.15) is 0 Å². The van der Waals surface area contributed by atoms with Gasteiger partial charge in [-0.3, -0.25) is 24.3 Å². The van der Waals surface area contributed by atoms with Crippen molar-refractivity contribution in [3.8, 4) is 0 Å². The number of nitrogens with zero attached hydrogens (tertiary/aromatic N) is 3. The van der Waals surface area contributed by atoms with Crippen molar-refractivity contribution in [3.05, 3.63) is 53.6 Å². The van der Waals surface area contributed by atoms with E-state index in [2.05, 4.69) is 21.2 Å². The number of para-hydroxylation sites is 1. The van der Waals surface area contributed by atoms with Gasteiger partial charge in [0.05, 0.1) is 44.3 Å². The highest BCUT2D eigenvalue weighted by Crippen LogP contribution is 2.37. The lowest BCUT2D eigenvalue weighted by Gasteiger charge is -2.30. The summed E-state index contributed by atoms with van der Waals surface area (Å²) in [6.07, 6.45) is 2.15. The van der Waals surface area contributed by atoms with Crippen LogP contribution < -0.4 is 10.2 Å². The molecule has 0 aliphatic carbocycles. The molecule has 2 fully saturated rings. The van der Waals surface area contributed by atoms with Gasteiger partial charge in [0, 0.05) is 44.8 Å². The Morgan fingerprint density at radius 1 is 0.811 bits per heavy atom. The van der Waals surface area contributed by atoms with Crippen LogP contribution >= 0.6 is 12.4 Å². The Labute approximate surface area is 224 Å². The minimum absolute atomic E-state index is 0. The molecule has 2 amide bonds. The number of ether oxygens (including phenoxy) is 2. The van der Waals surface area contributed by atoms with Gasteiger partial charge in [0.2, 0.25) is 11.8 Å². The summed E-state index contributed by atoms with van der Waals surface area (Å²) in [4.78, 5) is 32.7. The van der Waals surface area contributed by atoms with E-state index in [4.69, 9.17) is 9.47 Å². The number of aryl methyl sites for hydroxylation is 2. The summed E-state index contributed by atoms with van der Waals surface area (Å²) in [5.74, 6) is 0.0231. The Morgan fingerprint density at radius 2 is 1.43 bits per heavy atom. The lowest BCUT2D eigenvalue weighted by Crippen LogP contribution is -2.43. The Balaban J connectivity index is 0.00000190. The zero-order valence-corrected chi connectivity index (χ0v) is 21.9. The third-order valence-electron chi connectivity index (χ3n) is 6.98. The van der Waals surface area contributed by atoms with Gasteiger partial charge in [-0.25, -0.2) is 0 Å². The number of benzene rings is 2. The van der Waals surface area contributed by atoms with Crippen LogP contribution in [0.2, 0.25) is 0 Å². The van der Waals surface area contributed by atoms with E-state index < -0.39 is 0 Å². The highest BCUT2D eigenvalue weighted by atomic mass is 35.5. The molecule has 0 atom stereocenters. The summed E-state index contributed by atoms with van der Waals surface area (Å²) in [6, 6.07) is 14.1. The fraction of sp³-hybridized carbons (Fsp3) is 0.481. The first-order chi connectivity index (χ1) is 17.2. The van der Waals surface area contributed by atoms with E-state index in [-0.39, 0.29) is 29.7 Å². The Bertz CT molecular complexity index is 1060. The first-order valence-electron chi connectivity index (χ1n) is 12.6. The molecule has 3 aliphatic rings. The molecule has 2 aromatic rings. The number of anilines is 3. The van der Waals surface area contributed by atoms with Crippen LogP contribution in [0.4, 0.5) is 17.1 Å². The molecule has 5 rings (SSSR count). The van der Waals surface area contributed by atoms with Crippen molar-refractivity contribution in [1.82, 2.24) is 9.80 Å². The summed E-state index contributed by atoms with van der Waals surface area (Å²) in [6.45, 7) is 7.07. The van der Waals surface area contributed by atoms with Crippen LogP contribution in [0.5, 0.6) is 0 Å². The van der Waals surface area contributed by atoms with Gasteiger partial charge in [-0.15, -0.1) is 12.4 Å². The molecule has 0 aromatic heterocycles. The summed E-state index contributed by atoms with van der Waals surface area (Å²) < 4.78 is 10.8. The molecule has 0 spiro atoms. The van der Waals surface area contributed by atoms with Crippen LogP contribution in [0, 0.1) is 0 Å². The Kier molecular flexibility index (Phi) is 10.9. The Hall–Kier alpha value is -2.53. The van der Waals surface area contributed by atoms with Crippen molar-refractivity contribution in [1.29, 1.82) is 0 Å². The number of hydrogen-bond donors (Lipinski definition) is 1. The molecule has 10 heteroatoms. The largest absolute Gasteiger partial charge is 0.412 e. The quantitative estimate of drug-likeness (QED) is 0.610. The predicted octanol–water partition coefficient (Wildman–Crippen LogP) is 2.04. The number of amides is 2. The summed E-state index contributed by atoms with van der Waals surface area (Å²) in [5.41, 5.74) is 4.79. The number of halogens is 1. The van der Waals surface area contributed by atoms with Gasteiger partial charge < -0.3 is 20.3 Å². The van der Waals surface area contributed by atoms with E-state index in [0.717, 1.165) is 87.0 Å². The molecule has 3 heterocycles. The van der Waals surface area contributed by atoms with Crippen molar-refractivity contribution in [3.63, 3.8) is 0 Å². The zero-order valence-electron chi connectivity index (χ0n) is 21.1. The van der Waals surface area contributed by atoms with Crippen molar-refractivity contribution in [2.45, 2.75) is 19.3 Å². The smallest absolute Gasteiger partial charge is 0.245 e. The fourth-order valence-electron chi connectivity index (χ4n) is 5.00. The lowest BCUT2D eigenvalue weighted by molar-refractivity contribution is -0.120. The minimum atomic E-state index is -0.0170. The van der Waals surface area contributed by atoms with Crippen LogP contribution in [0.3, 0.4) is 0 Å². The van der Waals surface area contributed by atoms with Gasteiger partial charge in [0.15, 0.2) is 0 Å². The van der Waals surface area contributed by atoms with Crippen LogP contribution in [-0.4, -0.2) is 92.8 Å². The highest BCUT2D eigenvalue weighted by molar-refractivity contribution is 6.04. The molecular weight excluding hydrogens is 496 g/mol. The van der Waals surface area contributed by atoms with Crippen molar-refractivity contribution < 1.29 is 24.5 Å². The van der Waals surface area contributed by atoms with Crippen LogP contribution in [0.1, 0.15) is 17.5 Å². The molecule has 0 radical (unpaired) electrons. The van der Waals surface area contributed by atoms with Gasteiger partial charge in [0.1, 0.15) is 0 Å². The van der Waals surface area contributed by atoms with Gasteiger partial charge in [-0.05, 0) is 42.2 Å². The molecule has 202 valence electrons. The molecule has 0 saturated carbocycles. The average Bonchev–Trinajstić information content (AvgIpc) is 3.05. The third kappa shape index (κ3) is 7.28. The molecule has 2 saturated heterocycles. The molecular formula is C27H37ClN4O5. The molecule has 3 aliphatic heterocycles. The van der Waals surface area contributed by atoms with Crippen LogP contribution in [-0.2, 0) is 31.9 Å². The Morgan fingerprint density at radius 3 is 2.14 bits per heavy atom. The topological polar surface area (TPSA) is 106 Å². The maximum Gasteiger partial charge on any atom is 0.245 e. The average molecular weight is 533 g/mol. The van der Waals surface area contributed by atoms with Crippen LogP contribution in [0.15, 0.2) is 42.5 Å². The zero-order chi connectivity index (χ0) is 24.0. The minimum Gasteiger partial charge on any atom is -0.412 e. The molecule has 0 unspecified atom stereocenters. The van der Waals surface area contributed by atoms with Crippen molar-refractivity contribution in [2.75, 3.05) is 75.9 Å². The van der Waals surface area contributed by atoms with E-state index >= 15 is 0 Å². The second-order valence-electron chi connectivity index (χ2n) is 9.34. The van der Waals surface area contributed by atoms with E-state index in [1.807, 2.05) is 41.3 Å². The van der Waals surface area contributed by atoms with E-state index in [0.29, 0.717) is 26.2 Å². The second-order valence-corrected chi connectivity index (χ2v) is 9.34. The van der Waals surface area contributed by atoms with E-state index in [9.17, 15) is 9.59 Å². The first-order valence-corrected chi connectivity index (χ1v) is 12.6. The molecule has 0 bridgehead atoms. The SMILES string of the molecule is Cl.O.O=C(CCN1CCOCC1)Nc1ccc2c(c1)N(C(=O)CN1CCOCC1)c1ccccc1CC2. The van der Waals surface area contributed by atoms with E-state index in [1.54, 1.807) is 0 Å². The fourth-order valence-corrected chi connectivity index (χ4v) is 5.00. The van der Waals surface area contributed by atoms with Crippen molar-refractivity contribution in [2.24, 2.45) is 0 Å².